The van der Waals surface area contributed by atoms with Gasteiger partial charge < -0.3 is 15.0 Å². The molecular weight excluding hydrogens is 316 g/mol. The molecule has 1 saturated heterocycles. The molecule has 1 aromatic carbocycles. The molecule has 1 fully saturated rings. The third-order valence-electron chi connectivity index (χ3n) is 4.43. The molecule has 0 radical (unpaired) electrons. The van der Waals surface area contributed by atoms with Crippen LogP contribution in [0, 0.1) is 0 Å². The van der Waals surface area contributed by atoms with Crippen LogP contribution in [0.3, 0.4) is 0 Å². The fraction of sp³-hybridized carbons (Fsp3) is 0.625. The van der Waals surface area contributed by atoms with Crippen LogP contribution in [0.25, 0.3) is 0 Å². The summed E-state index contributed by atoms with van der Waals surface area (Å²) in [5, 5.41) is 3.63. The number of halogens is 1. The Bertz CT molecular complexity index is 493. The van der Waals surface area contributed by atoms with Gasteiger partial charge in [-0.15, -0.1) is 0 Å². The Morgan fingerprint density at radius 1 is 1.50 bits per heavy atom. The van der Waals surface area contributed by atoms with E-state index in [4.69, 9.17) is 4.74 Å². The maximum absolute atomic E-state index is 6.48. The molecule has 1 N–H and O–H groups in total. The second kappa shape index (κ2) is 5.66. The third-order valence-corrected chi connectivity index (χ3v) is 4.93. The summed E-state index contributed by atoms with van der Waals surface area (Å²) in [6.07, 6.45) is 3.45. The molecular formula is C16H23BrN2O. The van der Waals surface area contributed by atoms with Crippen LogP contribution in [0.2, 0.25) is 0 Å². The molecule has 20 heavy (non-hydrogen) atoms. The minimum absolute atomic E-state index is 0.0202. The first-order valence-corrected chi connectivity index (χ1v) is 8.31. The van der Waals surface area contributed by atoms with Crippen LogP contribution >= 0.6 is 15.9 Å². The average Bonchev–Trinajstić information content (AvgIpc) is 2.38. The summed E-state index contributed by atoms with van der Waals surface area (Å²) < 4.78 is 7.57. The van der Waals surface area contributed by atoms with Crippen LogP contribution in [0.4, 0.5) is 0 Å². The van der Waals surface area contributed by atoms with Gasteiger partial charge >= 0.3 is 0 Å². The molecule has 4 heteroatoms. The molecule has 2 atom stereocenters. The molecule has 0 aromatic heterocycles. The maximum atomic E-state index is 6.48. The van der Waals surface area contributed by atoms with Gasteiger partial charge in [0.25, 0.3) is 0 Å². The van der Waals surface area contributed by atoms with Crippen LogP contribution in [-0.4, -0.2) is 37.2 Å². The molecule has 2 aliphatic heterocycles. The molecule has 2 aliphatic rings. The quantitative estimate of drug-likeness (QED) is 0.894. The van der Waals surface area contributed by atoms with Crippen molar-refractivity contribution in [1.29, 1.82) is 0 Å². The van der Waals surface area contributed by atoms with E-state index in [2.05, 4.69) is 58.3 Å². The van der Waals surface area contributed by atoms with Gasteiger partial charge in [0.15, 0.2) is 0 Å². The van der Waals surface area contributed by atoms with Crippen molar-refractivity contribution in [2.75, 3.05) is 26.7 Å². The lowest BCUT2D eigenvalue weighted by Crippen LogP contribution is -2.54. The smallest absolute Gasteiger partial charge is 0.126 e. The zero-order valence-electron chi connectivity index (χ0n) is 12.3. The SMILES string of the molecule is CCNC1CC2(CCCN(C)C2)Oc2cc(Br)ccc21. The summed E-state index contributed by atoms with van der Waals surface area (Å²) >= 11 is 3.56. The number of nitrogens with one attached hydrogen (secondary N) is 1. The van der Waals surface area contributed by atoms with Crippen molar-refractivity contribution in [3.05, 3.63) is 28.2 Å². The normalized spacial score (nSPS) is 30.1. The lowest BCUT2D eigenvalue weighted by molar-refractivity contribution is -0.0269. The molecule has 3 rings (SSSR count). The highest BCUT2D eigenvalue weighted by molar-refractivity contribution is 9.10. The lowest BCUT2D eigenvalue weighted by Gasteiger charge is -2.47. The molecule has 3 nitrogen and oxygen atoms in total. The average molecular weight is 339 g/mol. The van der Waals surface area contributed by atoms with Crippen molar-refractivity contribution in [3.63, 3.8) is 0 Å². The summed E-state index contributed by atoms with van der Waals surface area (Å²) in [4.78, 5) is 2.40. The first-order chi connectivity index (χ1) is 9.62. The predicted molar refractivity (Wildman–Crippen MR) is 85.3 cm³/mol. The van der Waals surface area contributed by atoms with E-state index >= 15 is 0 Å². The number of fused-ring (bicyclic) bond motifs is 1. The van der Waals surface area contributed by atoms with E-state index in [9.17, 15) is 0 Å². The largest absolute Gasteiger partial charge is 0.485 e. The number of likely N-dealkylation sites (tertiary alicyclic amines) is 1. The molecule has 0 aliphatic carbocycles. The highest BCUT2D eigenvalue weighted by Crippen LogP contribution is 2.44. The Balaban J connectivity index is 1.94. The Morgan fingerprint density at radius 2 is 2.35 bits per heavy atom. The van der Waals surface area contributed by atoms with Gasteiger partial charge in [-0.25, -0.2) is 0 Å². The lowest BCUT2D eigenvalue weighted by atomic mass is 9.81. The molecule has 1 spiro atoms. The highest BCUT2D eigenvalue weighted by Gasteiger charge is 2.43. The van der Waals surface area contributed by atoms with Crippen molar-refractivity contribution in [3.8, 4) is 5.75 Å². The number of hydrogen-bond donors (Lipinski definition) is 1. The number of nitrogens with zero attached hydrogens (tertiary/aromatic N) is 1. The molecule has 2 heterocycles. The first kappa shape index (κ1) is 14.4. The summed E-state index contributed by atoms with van der Waals surface area (Å²) in [5.41, 5.74) is 1.28. The Morgan fingerprint density at radius 3 is 3.10 bits per heavy atom. The summed E-state index contributed by atoms with van der Waals surface area (Å²) in [6.45, 7) is 5.38. The number of hydrogen-bond acceptors (Lipinski definition) is 3. The van der Waals surface area contributed by atoms with E-state index in [1.165, 1.54) is 18.5 Å². The van der Waals surface area contributed by atoms with Crippen LogP contribution in [0.1, 0.15) is 37.8 Å². The predicted octanol–water partition coefficient (Wildman–Crippen LogP) is 3.35. The van der Waals surface area contributed by atoms with Gasteiger partial charge in [0, 0.05) is 29.0 Å². The second-order valence-corrected chi connectivity index (χ2v) is 7.04. The maximum Gasteiger partial charge on any atom is 0.126 e. The highest BCUT2D eigenvalue weighted by atomic mass is 79.9. The van der Waals surface area contributed by atoms with Gasteiger partial charge in [0.05, 0.1) is 0 Å². The van der Waals surface area contributed by atoms with E-state index in [0.29, 0.717) is 6.04 Å². The Hall–Kier alpha value is -0.580. The monoisotopic (exact) mass is 338 g/mol. The minimum Gasteiger partial charge on any atom is -0.485 e. The third kappa shape index (κ3) is 2.74. The molecule has 1 aromatic rings. The summed E-state index contributed by atoms with van der Waals surface area (Å²) in [5.74, 6) is 1.05. The van der Waals surface area contributed by atoms with Gasteiger partial charge in [-0.05, 0) is 45.1 Å². The summed E-state index contributed by atoms with van der Waals surface area (Å²) in [7, 11) is 2.20. The molecule has 110 valence electrons. The molecule has 2 unspecified atom stereocenters. The van der Waals surface area contributed by atoms with E-state index in [0.717, 1.165) is 36.2 Å². The zero-order valence-corrected chi connectivity index (χ0v) is 13.9. The Kier molecular flexibility index (Phi) is 4.07. The van der Waals surface area contributed by atoms with Crippen LogP contribution < -0.4 is 10.1 Å². The van der Waals surface area contributed by atoms with E-state index in [-0.39, 0.29) is 5.60 Å². The van der Waals surface area contributed by atoms with Crippen molar-refractivity contribution in [2.45, 2.75) is 37.8 Å². The fourth-order valence-corrected chi connectivity index (χ4v) is 3.98. The van der Waals surface area contributed by atoms with Crippen LogP contribution in [-0.2, 0) is 0 Å². The van der Waals surface area contributed by atoms with E-state index in [1.54, 1.807) is 0 Å². The minimum atomic E-state index is -0.0202. The van der Waals surface area contributed by atoms with Crippen molar-refractivity contribution in [1.82, 2.24) is 10.2 Å². The molecule has 0 bridgehead atoms. The topological polar surface area (TPSA) is 24.5 Å². The number of ether oxygens (including phenoxy) is 1. The van der Waals surface area contributed by atoms with Crippen LogP contribution in [0.15, 0.2) is 22.7 Å². The number of rotatable bonds is 2. The van der Waals surface area contributed by atoms with Crippen molar-refractivity contribution >= 4 is 15.9 Å². The standard InChI is InChI=1S/C16H23BrN2O/c1-3-18-14-10-16(7-4-8-19(2)11-16)20-15-9-12(17)5-6-13(14)15/h5-6,9,14,18H,3-4,7-8,10-11H2,1-2H3. The van der Waals surface area contributed by atoms with Crippen molar-refractivity contribution < 1.29 is 4.74 Å². The number of likely N-dealkylation sites (N-methyl/N-ethyl adjacent to an activating group) is 1. The Labute approximate surface area is 129 Å². The van der Waals surface area contributed by atoms with Crippen molar-refractivity contribution in [2.24, 2.45) is 0 Å². The van der Waals surface area contributed by atoms with Gasteiger partial charge in [-0.1, -0.05) is 28.9 Å². The van der Waals surface area contributed by atoms with E-state index in [1.807, 2.05) is 0 Å². The van der Waals surface area contributed by atoms with Gasteiger partial charge in [-0.2, -0.15) is 0 Å². The van der Waals surface area contributed by atoms with Gasteiger partial charge in [-0.3, -0.25) is 0 Å². The number of benzene rings is 1. The summed E-state index contributed by atoms with van der Waals surface area (Å²) in [6, 6.07) is 6.82. The first-order valence-electron chi connectivity index (χ1n) is 7.52. The fourth-order valence-electron chi connectivity index (χ4n) is 3.64. The van der Waals surface area contributed by atoms with Gasteiger partial charge in [0.1, 0.15) is 11.4 Å². The molecule has 0 saturated carbocycles. The zero-order chi connectivity index (χ0) is 14.2. The number of piperidine rings is 1. The van der Waals surface area contributed by atoms with E-state index < -0.39 is 0 Å². The second-order valence-electron chi connectivity index (χ2n) is 6.12. The van der Waals surface area contributed by atoms with Gasteiger partial charge in [0.2, 0.25) is 0 Å². The van der Waals surface area contributed by atoms with Crippen LogP contribution in [0.5, 0.6) is 5.75 Å². The molecule has 0 amide bonds.